The summed E-state index contributed by atoms with van der Waals surface area (Å²) in [6.45, 7) is 3.73. The summed E-state index contributed by atoms with van der Waals surface area (Å²) in [7, 11) is -0.876. The number of aromatic nitrogens is 2. The Bertz CT molecular complexity index is 1230. The molecule has 0 aliphatic carbocycles. The van der Waals surface area contributed by atoms with Crippen LogP contribution in [0.1, 0.15) is 32.0 Å². The second-order valence-electron chi connectivity index (χ2n) is 7.11. The first-order chi connectivity index (χ1) is 14.6. The van der Waals surface area contributed by atoms with Crippen LogP contribution >= 0.6 is 0 Å². The fourth-order valence-corrected chi connectivity index (χ4v) is 3.79. The molecule has 162 valence electrons. The molecular weight excluding hydrogens is 418 g/mol. The number of nitrogens with zero attached hydrogens (tertiary/aromatic N) is 3. The molecule has 2 N–H and O–H groups in total. The van der Waals surface area contributed by atoms with Crippen molar-refractivity contribution in [3.05, 3.63) is 77.1 Å². The number of hydrogen-bond donors (Lipinski definition) is 2. The van der Waals surface area contributed by atoms with E-state index < -0.39 is 21.8 Å². The number of carbonyl (C=O) groups excluding carboxylic acids is 2. The van der Waals surface area contributed by atoms with Crippen molar-refractivity contribution in [2.24, 2.45) is 0 Å². The van der Waals surface area contributed by atoms with Crippen molar-refractivity contribution < 1.29 is 18.0 Å². The van der Waals surface area contributed by atoms with Crippen LogP contribution < -0.4 is 10.9 Å². The Morgan fingerprint density at radius 3 is 2.26 bits per heavy atom. The molecule has 0 saturated carbocycles. The normalized spacial score (nSPS) is 11.4. The third kappa shape index (κ3) is 4.65. The van der Waals surface area contributed by atoms with Gasteiger partial charge in [-0.3, -0.25) is 20.4 Å². The lowest BCUT2D eigenvalue weighted by Gasteiger charge is -2.12. The maximum absolute atomic E-state index is 12.5. The van der Waals surface area contributed by atoms with Gasteiger partial charge in [-0.2, -0.15) is 5.10 Å². The number of hydrazine groups is 1. The Hall–Kier alpha value is -3.50. The highest BCUT2D eigenvalue weighted by molar-refractivity contribution is 7.89. The molecule has 1 aromatic heterocycles. The van der Waals surface area contributed by atoms with Crippen molar-refractivity contribution in [2.45, 2.75) is 18.7 Å². The van der Waals surface area contributed by atoms with Crippen LogP contribution in [-0.2, 0) is 10.0 Å². The van der Waals surface area contributed by atoms with E-state index in [4.69, 9.17) is 0 Å². The first-order valence-electron chi connectivity index (χ1n) is 9.36. The number of nitrogens with one attached hydrogen (secondary N) is 2. The Balaban J connectivity index is 1.72. The number of amides is 2. The third-order valence-corrected chi connectivity index (χ3v) is 6.51. The predicted molar refractivity (Wildman–Crippen MR) is 115 cm³/mol. The zero-order valence-corrected chi connectivity index (χ0v) is 18.4. The van der Waals surface area contributed by atoms with Crippen LogP contribution in [0, 0.1) is 13.8 Å². The fourth-order valence-electron chi connectivity index (χ4n) is 2.84. The van der Waals surface area contributed by atoms with Gasteiger partial charge in [-0.25, -0.2) is 17.4 Å². The van der Waals surface area contributed by atoms with Crippen molar-refractivity contribution >= 4 is 21.8 Å². The molecule has 31 heavy (non-hydrogen) atoms. The van der Waals surface area contributed by atoms with Gasteiger partial charge in [0.25, 0.3) is 11.8 Å². The maximum atomic E-state index is 12.5. The highest BCUT2D eigenvalue weighted by Crippen LogP contribution is 2.16. The van der Waals surface area contributed by atoms with Gasteiger partial charge in [0.2, 0.25) is 10.0 Å². The predicted octanol–water partition coefficient (Wildman–Crippen LogP) is 1.81. The van der Waals surface area contributed by atoms with Crippen LogP contribution in [0.15, 0.2) is 59.6 Å². The Kier molecular flexibility index (Phi) is 6.23. The number of rotatable bonds is 5. The molecule has 0 saturated heterocycles. The van der Waals surface area contributed by atoms with Gasteiger partial charge in [0.15, 0.2) is 0 Å². The van der Waals surface area contributed by atoms with Gasteiger partial charge in [0.1, 0.15) is 0 Å². The lowest BCUT2D eigenvalue weighted by atomic mass is 10.2. The molecule has 0 spiro atoms. The summed E-state index contributed by atoms with van der Waals surface area (Å²) in [4.78, 5) is 24.9. The Morgan fingerprint density at radius 2 is 1.61 bits per heavy atom. The van der Waals surface area contributed by atoms with E-state index in [1.54, 1.807) is 11.6 Å². The topological polar surface area (TPSA) is 113 Å². The van der Waals surface area contributed by atoms with E-state index in [9.17, 15) is 18.0 Å². The minimum absolute atomic E-state index is 0.0216. The molecule has 0 radical (unpaired) electrons. The summed E-state index contributed by atoms with van der Waals surface area (Å²) in [6, 6.07) is 13.2. The first kappa shape index (κ1) is 22.2. The molecule has 2 aromatic carbocycles. The maximum Gasteiger partial charge on any atom is 0.273 e. The van der Waals surface area contributed by atoms with E-state index in [0.29, 0.717) is 11.3 Å². The minimum Gasteiger partial charge on any atom is -0.267 e. The molecule has 0 unspecified atom stereocenters. The lowest BCUT2D eigenvalue weighted by Crippen LogP contribution is -2.41. The molecule has 9 nitrogen and oxygen atoms in total. The van der Waals surface area contributed by atoms with Crippen molar-refractivity contribution in [2.75, 3.05) is 14.1 Å². The monoisotopic (exact) mass is 441 g/mol. The van der Waals surface area contributed by atoms with E-state index >= 15 is 0 Å². The van der Waals surface area contributed by atoms with Crippen molar-refractivity contribution in [1.82, 2.24) is 24.9 Å². The van der Waals surface area contributed by atoms with E-state index in [1.165, 1.54) is 44.6 Å². The van der Waals surface area contributed by atoms with Crippen LogP contribution in [0.4, 0.5) is 0 Å². The van der Waals surface area contributed by atoms with Crippen LogP contribution in [0.3, 0.4) is 0 Å². The highest BCUT2D eigenvalue weighted by atomic mass is 32.2. The van der Waals surface area contributed by atoms with Gasteiger partial charge in [0.05, 0.1) is 28.0 Å². The van der Waals surface area contributed by atoms with E-state index in [-0.39, 0.29) is 10.5 Å². The van der Waals surface area contributed by atoms with Crippen molar-refractivity contribution in [3.8, 4) is 5.69 Å². The summed E-state index contributed by atoms with van der Waals surface area (Å²) >= 11 is 0. The molecule has 0 atom stereocenters. The third-order valence-electron chi connectivity index (χ3n) is 4.70. The van der Waals surface area contributed by atoms with Crippen molar-refractivity contribution in [3.63, 3.8) is 0 Å². The molecule has 3 aromatic rings. The number of sulfonamides is 1. The zero-order chi connectivity index (χ0) is 22.8. The average Bonchev–Trinajstić information content (AvgIpc) is 3.13. The standard InChI is InChI=1S/C21H23N5O4S/c1-14-8-10-17(11-9-14)26-15(2)19(13-22-26)21(28)24-23-20(27)16-6-5-7-18(12-16)31(29,30)25(3)4/h5-13H,1-4H3,(H,23,27)(H,24,28). The Morgan fingerprint density at radius 1 is 0.968 bits per heavy atom. The van der Waals surface area contributed by atoms with Gasteiger partial charge >= 0.3 is 0 Å². The second-order valence-corrected chi connectivity index (χ2v) is 9.27. The molecule has 1 heterocycles. The summed E-state index contributed by atoms with van der Waals surface area (Å²) in [5.41, 5.74) is 7.56. The summed E-state index contributed by atoms with van der Waals surface area (Å²) < 4.78 is 27.2. The van der Waals surface area contributed by atoms with Gasteiger partial charge in [-0.15, -0.1) is 0 Å². The minimum atomic E-state index is -3.68. The van der Waals surface area contributed by atoms with Crippen molar-refractivity contribution in [1.29, 1.82) is 0 Å². The zero-order valence-electron chi connectivity index (χ0n) is 17.6. The van der Waals surface area contributed by atoms with Crippen LogP contribution in [0.2, 0.25) is 0 Å². The molecule has 3 rings (SSSR count). The summed E-state index contributed by atoms with van der Waals surface area (Å²) in [6.07, 6.45) is 1.42. The number of benzene rings is 2. The highest BCUT2D eigenvalue weighted by Gasteiger charge is 2.20. The van der Waals surface area contributed by atoms with E-state index in [1.807, 2.05) is 31.2 Å². The average molecular weight is 442 g/mol. The van der Waals surface area contributed by atoms with E-state index in [0.717, 1.165) is 15.6 Å². The van der Waals surface area contributed by atoms with E-state index in [2.05, 4.69) is 16.0 Å². The fraction of sp³-hybridized carbons (Fsp3) is 0.190. The van der Waals surface area contributed by atoms with Crippen LogP contribution in [0.5, 0.6) is 0 Å². The smallest absolute Gasteiger partial charge is 0.267 e. The molecule has 0 fully saturated rings. The molecular formula is C21H23N5O4S. The number of hydrogen-bond acceptors (Lipinski definition) is 5. The summed E-state index contributed by atoms with van der Waals surface area (Å²) in [5, 5.41) is 4.25. The van der Waals surface area contributed by atoms with Gasteiger partial charge in [-0.05, 0) is 44.2 Å². The van der Waals surface area contributed by atoms with Gasteiger partial charge in [0, 0.05) is 19.7 Å². The first-order valence-corrected chi connectivity index (χ1v) is 10.8. The number of carbonyl (C=O) groups is 2. The van der Waals surface area contributed by atoms with Crippen LogP contribution in [-0.4, -0.2) is 48.4 Å². The lowest BCUT2D eigenvalue weighted by molar-refractivity contribution is 0.0846. The second kappa shape index (κ2) is 8.70. The summed E-state index contributed by atoms with van der Waals surface area (Å²) in [5.74, 6) is -1.19. The molecule has 0 aliphatic heterocycles. The molecule has 0 bridgehead atoms. The number of aryl methyl sites for hydroxylation is 1. The van der Waals surface area contributed by atoms with Gasteiger partial charge in [-0.1, -0.05) is 23.8 Å². The SMILES string of the molecule is Cc1ccc(-n2ncc(C(=O)NNC(=O)c3cccc(S(=O)(=O)N(C)C)c3)c2C)cc1. The largest absolute Gasteiger partial charge is 0.273 e. The molecule has 0 aliphatic rings. The quantitative estimate of drug-likeness (QED) is 0.587. The van der Waals surface area contributed by atoms with Gasteiger partial charge < -0.3 is 0 Å². The van der Waals surface area contributed by atoms with Crippen LogP contribution in [0.25, 0.3) is 5.69 Å². The molecule has 2 amide bonds. The molecule has 10 heteroatoms. The Labute approximate surface area is 180 Å².